The summed E-state index contributed by atoms with van der Waals surface area (Å²) in [5.41, 5.74) is 1.32. The second-order valence-corrected chi connectivity index (χ2v) is 6.77. The average Bonchev–Trinajstić information content (AvgIpc) is 2.62. The molecule has 0 saturated carbocycles. The summed E-state index contributed by atoms with van der Waals surface area (Å²) in [5, 5.41) is 0. The largest absolute Gasteiger partial charge is 0.336 e. The lowest BCUT2D eigenvalue weighted by atomic mass is 10.1. The summed E-state index contributed by atoms with van der Waals surface area (Å²) in [5.74, 6) is 0.114. The van der Waals surface area contributed by atoms with Gasteiger partial charge in [0.1, 0.15) is 0 Å². The molecule has 1 aromatic rings. The van der Waals surface area contributed by atoms with E-state index in [0.717, 1.165) is 52.4 Å². The number of nitrogens with zero attached hydrogens (tertiary/aromatic N) is 4. The molecule has 0 unspecified atom stereocenters. The molecule has 0 aromatic heterocycles. The fourth-order valence-corrected chi connectivity index (χ4v) is 3.14. The third-order valence-electron chi connectivity index (χ3n) is 4.96. The lowest BCUT2D eigenvalue weighted by Gasteiger charge is -2.33. The summed E-state index contributed by atoms with van der Waals surface area (Å²) < 4.78 is 0. The van der Waals surface area contributed by atoms with Crippen LogP contribution in [0.3, 0.4) is 0 Å². The average molecular weight is 367 g/mol. The summed E-state index contributed by atoms with van der Waals surface area (Å²) >= 11 is 0. The lowest BCUT2D eigenvalue weighted by molar-refractivity contribution is 0.0652. The Labute approximate surface area is 155 Å². The second-order valence-electron chi connectivity index (χ2n) is 6.77. The Morgan fingerprint density at radius 3 is 1.20 bits per heavy atom. The number of carbonyl (C=O) groups is 2. The molecule has 0 bridgehead atoms. The molecular weight excluding hydrogens is 340 g/mol. The SMILES string of the molecule is CN1CCN(C(=O)c2ccc(C(=O)N3CCN(C)CC3)cc2)CC1.Cl. The molecule has 7 heteroatoms. The normalized spacial score (nSPS) is 19.4. The Hall–Kier alpha value is -1.63. The smallest absolute Gasteiger partial charge is 0.253 e. The van der Waals surface area contributed by atoms with Crippen LogP contribution >= 0.6 is 12.4 Å². The van der Waals surface area contributed by atoms with Crippen molar-refractivity contribution in [2.75, 3.05) is 66.5 Å². The molecule has 2 heterocycles. The summed E-state index contributed by atoms with van der Waals surface area (Å²) in [4.78, 5) is 33.3. The predicted octanol–water partition coefficient (Wildman–Crippen LogP) is 0.884. The molecular formula is C18H27ClN4O2. The molecule has 2 aliphatic rings. The summed E-state index contributed by atoms with van der Waals surface area (Å²) in [7, 11) is 4.14. The van der Waals surface area contributed by atoms with Crippen LogP contribution in [-0.4, -0.2) is 97.9 Å². The number of likely N-dealkylation sites (N-methyl/N-ethyl adjacent to an activating group) is 2. The maximum absolute atomic E-state index is 12.5. The first-order valence-corrected chi connectivity index (χ1v) is 8.60. The molecule has 0 atom stereocenters. The van der Waals surface area contributed by atoms with Crippen molar-refractivity contribution in [2.45, 2.75) is 0 Å². The van der Waals surface area contributed by atoms with Crippen molar-refractivity contribution >= 4 is 24.2 Å². The Bertz CT molecular complexity index is 539. The molecule has 25 heavy (non-hydrogen) atoms. The van der Waals surface area contributed by atoms with E-state index in [1.807, 2.05) is 9.80 Å². The highest BCUT2D eigenvalue weighted by atomic mass is 35.5. The minimum absolute atomic E-state index is 0. The molecule has 2 fully saturated rings. The fourth-order valence-electron chi connectivity index (χ4n) is 3.14. The first kappa shape index (κ1) is 19.7. The van der Waals surface area contributed by atoms with E-state index >= 15 is 0 Å². The van der Waals surface area contributed by atoms with Gasteiger partial charge < -0.3 is 19.6 Å². The fraction of sp³-hybridized carbons (Fsp3) is 0.556. The van der Waals surface area contributed by atoms with E-state index in [2.05, 4.69) is 23.9 Å². The molecule has 2 saturated heterocycles. The van der Waals surface area contributed by atoms with Gasteiger partial charge >= 0.3 is 0 Å². The van der Waals surface area contributed by atoms with Crippen LogP contribution in [-0.2, 0) is 0 Å². The first-order valence-electron chi connectivity index (χ1n) is 8.60. The maximum Gasteiger partial charge on any atom is 0.253 e. The third-order valence-corrected chi connectivity index (χ3v) is 4.96. The van der Waals surface area contributed by atoms with Crippen LogP contribution < -0.4 is 0 Å². The number of benzene rings is 1. The summed E-state index contributed by atoms with van der Waals surface area (Å²) in [6.45, 7) is 6.68. The molecule has 6 nitrogen and oxygen atoms in total. The quantitative estimate of drug-likeness (QED) is 0.779. The molecule has 3 rings (SSSR count). The van der Waals surface area contributed by atoms with Crippen LogP contribution in [0.15, 0.2) is 24.3 Å². The van der Waals surface area contributed by atoms with Crippen LogP contribution in [0, 0.1) is 0 Å². The number of carbonyl (C=O) groups excluding carboxylic acids is 2. The van der Waals surface area contributed by atoms with Gasteiger partial charge in [-0.25, -0.2) is 0 Å². The second kappa shape index (κ2) is 8.65. The van der Waals surface area contributed by atoms with E-state index in [1.165, 1.54) is 0 Å². The maximum atomic E-state index is 12.5. The standard InChI is InChI=1S/C18H26N4O2.ClH/c1-19-7-11-21(12-8-19)17(23)15-3-5-16(6-4-15)18(24)22-13-9-20(2)10-14-22;/h3-6H,7-14H2,1-2H3;1H. The number of hydrogen-bond acceptors (Lipinski definition) is 4. The van der Waals surface area contributed by atoms with Crippen molar-refractivity contribution < 1.29 is 9.59 Å². The number of piperazine rings is 2. The highest BCUT2D eigenvalue weighted by Crippen LogP contribution is 2.13. The lowest BCUT2D eigenvalue weighted by Crippen LogP contribution is -2.47. The Balaban J connectivity index is 0.00000225. The van der Waals surface area contributed by atoms with E-state index in [-0.39, 0.29) is 24.2 Å². The van der Waals surface area contributed by atoms with Crippen molar-refractivity contribution in [3.63, 3.8) is 0 Å². The van der Waals surface area contributed by atoms with Crippen LogP contribution in [0.1, 0.15) is 20.7 Å². The van der Waals surface area contributed by atoms with E-state index in [0.29, 0.717) is 11.1 Å². The van der Waals surface area contributed by atoms with Crippen LogP contribution in [0.25, 0.3) is 0 Å². The molecule has 2 aliphatic heterocycles. The molecule has 0 radical (unpaired) electrons. The molecule has 0 aliphatic carbocycles. The Kier molecular flexibility index (Phi) is 6.81. The molecule has 138 valence electrons. The van der Waals surface area contributed by atoms with Crippen molar-refractivity contribution in [1.82, 2.24) is 19.6 Å². The molecule has 0 N–H and O–H groups in total. The van der Waals surface area contributed by atoms with Gasteiger partial charge in [0, 0.05) is 63.5 Å². The first-order chi connectivity index (χ1) is 11.5. The molecule has 0 spiro atoms. The van der Waals surface area contributed by atoms with Gasteiger partial charge in [-0.3, -0.25) is 9.59 Å². The number of hydrogen-bond donors (Lipinski definition) is 0. The summed E-state index contributed by atoms with van der Waals surface area (Å²) in [6, 6.07) is 7.13. The van der Waals surface area contributed by atoms with Gasteiger partial charge in [0.05, 0.1) is 0 Å². The van der Waals surface area contributed by atoms with Crippen molar-refractivity contribution in [2.24, 2.45) is 0 Å². The molecule has 2 amide bonds. The van der Waals surface area contributed by atoms with Gasteiger partial charge in [0.2, 0.25) is 0 Å². The van der Waals surface area contributed by atoms with Crippen LogP contribution in [0.4, 0.5) is 0 Å². The van der Waals surface area contributed by atoms with Crippen LogP contribution in [0.2, 0.25) is 0 Å². The monoisotopic (exact) mass is 366 g/mol. The van der Waals surface area contributed by atoms with E-state index < -0.39 is 0 Å². The van der Waals surface area contributed by atoms with Crippen LogP contribution in [0.5, 0.6) is 0 Å². The number of amides is 2. The minimum Gasteiger partial charge on any atom is -0.336 e. The highest BCUT2D eigenvalue weighted by Gasteiger charge is 2.22. The van der Waals surface area contributed by atoms with Gasteiger partial charge in [-0.2, -0.15) is 0 Å². The van der Waals surface area contributed by atoms with Gasteiger partial charge in [-0.05, 0) is 38.4 Å². The van der Waals surface area contributed by atoms with Gasteiger partial charge in [0.15, 0.2) is 0 Å². The van der Waals surface area contributed by atoms with E-state index in [4.69, 9.17) is 0 Å². The van der Waals surface area contributed by atoms with Gasteiger partial charge in [-0.15, -0.1) is 12.4 Å². The van der Waals surface area contributed by atoms with Crippen molar-refractivity contribution in [1.29, 1.82) is 0 Å². The van der Waals surface area contributed by atoms with Crippen molar-refractivity contribution in [3.05, 3.63) is 35.4 Å². The summed E-state index contributed by atoms with van der Waals surface area (Å²) in [6.07, 6.45) is 0. The molecule has 1 aromatic carbocycles. The van der Waals surface area contributed by atoms with Gasteiger partial charge in [-0.1, -0.05) is 0 Å². The minimum atomic E-state index is 0. The van der Waals surface area contributed by atoms with Gasteiger partial charge in [0.25, 0.3) is 11.8 Å². The zero-order chi connectivity index (χ0) is 17.1. The third kappa shape index (κ3) is 4.71. The van der Waals surface area contributed by atoms with Crippen molar-refractivity contribution in [3.8, 4) is 0 Å². The van der Waals surface area contributed by atoms with E-state index in [9.17, 15) is 9.59 Å². The Morgan fingerprint density at radius 1 is 0.640 bits per heavy atom. The Morgan fingerprint density at radius 2 is 0.920 bits per heavy atom. The number of rotatable bonds is 2. The predicted molar refractivity (Wildman–Crippen MR) is 100 cm³/mol. The zero-order valence-electron chi connectivity index (χ0n) is 15.0. The topological polar surface area (TPSA) is 47.1 Å². The highest BCUT2D eigenvalue weighted by molar-refractivity contribution is 5.98. The van der Waals surface area contributed by atoms with E-state index in [1.54, 1.807) is 24.3 Å². The zero-order valence-corrected chi connectivity index (χ0v) is 15.8. The number of halogens is 1.